The van der Waals surface area contributed by atoms with Gasteiger partial charge in [0.25, 0.3) is 5.56 Å². The summed E-state index contributed by atoms with van der Waals surface area (Å²) in [7, 11) is 3.11. The molecule has 0 saturated carbocycles. The molecule has 8 nitrogen and oxygen atoms in total. The SMILES string of the molecule is CCOC(=O)C1=C(C)N=c2s/c(=C/c3cccc(OC)c3OC)c(=O)n2[C@H]1c1ccccc1OC(C)C. The normalized spacial score (nSPS) is 15.3. The number of esters is 1. The fraction of sp³-hybridized carbons (Fsp3) is 0.321. The lowest BCUT2D eigenvalue weighted by Crippen LogP contribution is -2.40. The number of thiazole rings is 1. The van der Waals surface area contributed by atoms with Crippen molar-refractivity contribution in [1.82, 2.24) is 4.57 Å². The fourth-order valence-corrected chi connectivity index (χ4v) is 5.36. The highest BCUT2D eigenvalue weighted by Gasteiger charge is 2.35. The Labute approximate surface area is 219 Å². The summed E-state index contributed by atoms with van der Waals surface area (Å²) in [6, 6.07) is 12.1. The van der Waals surface area contributed by atoms with E-state index >= 15 is 0 Å². The van der Waals surface area contributed by atoms with Crippen LogP contribution in [-0.2, 0) is 9.53 Å². The van der Waals surface area contributed by atoms with Crippen LogP contribution in [0.2, 0.25) is 0 Å². The number of rotatable bonds is 8. The van der Waals surface area contributed by atoms with Gasteiger partial charge in [0.05, 0.1) is 42.7 Å². The van der Waals surface area contributed by atoms with E-state index in [2.05, 4.69) is 4.99 Å². The van der Waals surface area contributed by atoms with Crippen LogP contribution < -0.4 is 29.1 Å². The molecular weight excluding hydrogens is 492 g/mol. The summed E-state index contributed by atoms with van der Waals surface area (Å²) in [5, 5.41) is 0. The standard InChI is InChI=1S/C28H30N2O6S/c1-7-35-27(32)23-17(4)29-28-30(24(23)19-12-8-9-13-20(19)36-16(2)3)26(31)22(37-28)15-18-11-10-14-21(33-5)25(18)34-6/h8-16,24H,7H2,1-6H3/b22-15+/t24-/m0/s1. The molecule has 1 aliphatic heterocycles. The van der Waals surface area contributed by atoms with Crippen LogP contribution in [0.25, 0.3) is 6.08 Å². The van der Waals surface area contributed by atoms with Gasteiger partial charge in [0, 0.05) is 11.1 Å². The predicted octanol–water partition coefficient (Wildman–Crippen LogP) is 3.60. The Morgan fingerprint density at radius 2 is 1.84 bits per heavy atom. The van der Waals surface area contributed by atoms with E-state index < -0.39 is 12.0 Å². The lowest BCUT2D eigenvalue weighted by molar-refractivity contribution is -0.139. The Balaban J connectivity index is 2.00. The van der Waals surface area contributed by atoms with Gasteiger partial charge in [0.1, 0.15) is 11.8 Å². The fourth-order valence-electron chi connectivity index (χ4n) is 4.32. The van der Waals surface area contributed by atoms with Gasteiger partial charge in [0.2, 0.25) is 0 Å². The van der Waals surface area contributed by atoms with Crippen molar-refractivity contribution >= 4 is 23.4 Å². The van der Waals surface area contributed by atoms with E-state index in [-0.39, 0.29) is 18.3 Å². The number of allylic oxidation sites excluding steroid dienone is 1. The minimum Gasteiger partial charge on any atom is -0.493 e. The number of carbonyl (C=O) groups is 1. The first-order chi connectivity index (χ1) is 17.8. The van der Waals surface area contributed by atoms with Crippen LogP contribution in [0.15, 0.2) is 63.5 Å². The monoisotopic (exact) mass is 522 g/mol. The molecular formula is C28H30N2O6S. The number of benzene rings is 2. The van der Waals surface area contributed by atoms with Gasteiger partial charge in [-0.3, -0.25) is 9.36 Å². The van der Waals surface area contributed by atoms with Crippen molar-refractivity contribution in [3.05, 3.63) is 84.5 Å². The van der Waals surface area contributed by atoms with Crippen LogP contribution in [0.3, 0.4) is 0 Å². The van der Waals surface area contributed by atoms with E-state index in [4.69, 9.17) is 18.9 Å². The summed E-state index contributed by atoms with van der Waals surface area (Å²) in [5.41, 5.74) is 1.88. The molecule has 0 saturated heterocycles. The third-order valence-corrected chi connectivity index (χ3v) is 6.80. The predicted molar refractivity (Wildman–Crippen MR) is 142 cm³/mol. The molecule has 9 heteroatoms. The van der Waals surface area contributed by atoms with Gasteiger partial charge in [-0.1, -0.05) is 41.7 Å². The first-order valence-corrected chi connectivity index (χ1v) is 12.8. The second kappa shape index (κ2) is 11.0. The molecule has 0 fully saturated rings. The van der Waals surface area contributed by atoms with Crippen molar-refractivity contribution in [2.45, 2.75) is 39.8 Å². The topological polar surface area (TPSA) is 88.4 Å². The zero-order valence-electron chi connectivity index (χ0n) is 21.7. The maximum Gasteiger partial charge on any atom is 0.338 e. The zero-order chi connectivity index (χ0) is 26.7. The molecule has 1 atom stereocenters. The molecule has 0 radical (unpaired) electrons. The molecule has 1 aromatic heterocycles. The Kier molecular flexibility index (Phi) is 7.83. The Bertz CT molecular complexity index is 1530. The molecule has 0 aliphatic carbocycles. The Hall–Kier alpha value is -3.85. The van der Waals surface area contributed by atoms with Gasteiger partial charge in [0.15, 0.2) is 16.3 Å². The van der Waals surface area contributed by atoms with Crippen molar-refractivity contribution in [3.63, 3.8) is 0 Å². The number of para-hydroxylation sites is 2. The largest absolute Gasteiger partial charge is 0.493 e. The lowest BCUT2D eigenvalue weighted by Gasteiger charge is -2.26. The number of hydrogen-bond acceptors (Lipinski definition) is 8. The van der Waals surface area contributed by atoms with E-state index in [0.717, 1.165) is 0 Å². The highest BCUT2D eigenvalue weighted by molar-refractivity contribution is 7.07. The number of hydrogen-bond donors (Lipinski definition) is 0. The molecule has 1 aliphatic rings. The first-order valence-electron chi connectivity index (χ1n) is 12.0. The summed E-state index contributed by atoms with van der Waals surface area (Å²) >= 11 is 1.24. The maximum absolute atomic E-state index is 13.9. The van der Waals surface area contributed by atoms with Crippen LogP contribution in [0.1, 0.15) is 44.9 Å². The van der Waals surface area contributed by atoms with Gasteiger partial charge < -0.3 is 18.9 Å². The smallest absolute Gasteiger partial charge is 0.338 e. The minimum absolute atomic E-state index is 0.103. The number of aromatic nitrogens is 1. The number of ether oxygens (including phenoxy) is 4. The van der Waals surface area contributed by atoms with Gasteiger partial charge in [-0.15, -0.1) is 0 Å². The quantitative estimate of drug-likeness (QED) is 0.420. The van der Waals surface area contributed by atoms with Crippen molar-refractivity contribution in [1.29, 1.82) is 0 Å². The number of methoxy groups -OCH3 is 2. The molecule has 0 bridgehead atoms. The minimum atomic E-state index is -0.764. The summed E-state index contributed by atoms with van der Waals surface area (Å²) in [4.78, 5) is 32.2. The summed E-state index contributed by atoms with van der Waals surface area (Å²) < 4.78 is 24.4. The van der Waals surface area contributed by atoms with Crippen molar-refractivity contribution in [2.75, 3.05) is 20.8 Å². The molecule has 0 N–H and O–H groups in total. The average molecular weight is 523 g/mol. The average Bonchev–Trinajstić information content (AvgIpc) is 3.17. The van der Waals surface area contributed by atoms with Crippen molar-refractivity contribution in [3.8, 4) is 17.2 Å². The van der Waals surface area contributed by atoms with E-state index in [1.165, 1.54) is 11.3 Å². The first kappa shape index (κ1) is 26.2. The van der Waals surface area contributed by atoms with Gasteiger partial charge in [-0.2, -0.15) is 0 Å². The number of nitrogens with zero attached hydrogens (tertiary/aromatic N) is 2. The van der Waals surface area contributed by atoms with E-state index in [1.807, 2.05) is 50.2 Å². The van der Waals surface area contributed by atoms with E-state index in [9.17, 15) is 9.59 Å². The molecule has 194 valence electrons. The maximum atomic E-state index is 13.9. The molecule has 0 amide bonds. The van der Waals surface area contributed by atoms with Crippen molar-refractivity contribution < 1.29 is 23.7 Å². The van der Waals surface area contributed by atoms with Crippen LogP contribution in [0, 0.1) is 0 Å². The third kappa shape index (κ3) is 5.04. The number of fused-ring (bicyclic) bond motifs is 1. The molecule has 2 heterocycles. The van der Waals surface area contributed by atoms with Gasteiger partial charge in [-0.05, 0) is 45.9 Å². The van der Waals surface area contributed by atoms with Gasteiger partial charge in [-0.25, -0.2) is 9.79 Å². The second-order valence-corrected chi connectivity index (χ2v) is 9.60. The molecule has 2 aromatic carbocycles. The van der Waals surface area contributed by atoms with Crippen LogP contribution >= 0.6 is 11.3 Å². The Morgan fingerprint density at radius 1 is 1.11 bits per heavy atom. The third-order valence-electron chi connectivity index (χ3n) is 5.81. The van der Waals surface area contributed by atoms with E-state index in [0.29, 0.717) is 49.0 Å². The summed E-state index contributed by atoms with van der Waals surface area (Å²) in [6.07, 6.45) is 1.65. The lowest BCUT2D eigenvalue weighted by atomic mass is 9.95. The molecule has 37 heavy (non-hydrogen) atoms. The summed E-state index contributed by atoms with van der Waals surface area (Å²) in [6.45, 7) is 7.56. The van der Waals surface area contributed by atoms with Crippen LogP contribution in [0.5, 0.6) is 17.2 Å². The molecule has 0 spiro atoms. The molecule has 3 aromatic rings. The molecule has 4 rings (SSSR count). The van der Waals surface area contributed by atoms with Gasteiger partial charge >= 0.3 is 5.97 Å². The highest BCUT2D eigenvalue weighted by Crippen LogP contribution is 2.36. The van der Waals surface area contributed by atoms with Crippen molar-refractivity contribution in [2.24, 2.45) is 4.99 Å². The van der Waals surface area contributed by atoms with Crippen LogP contribution in [0.4, 0.5) is 0 Å². The van der Waals surface area contributed by atoms with Crippen LogP contribution in [-0.4, -0.2) is 37.5 Å². The Morgan fingerprint density at radius 3 is 2.51 bits per heavy atom. The second-order valence-electron chi connectivity index (χ2n) is 8.59. The summed E-state index contributed by atoms with van der Waals surface area (Å²) in [5.74, 6) is 1.15. The zero-order valence-corrected chi connectivity index (χ0v) is 22.5. The number of carbonyl (C=O) groups excluding carboxylic acids is 1. The van der Waals surface area contributed by atoms with E-state index in [1.54, 1.807) is 44.8 Å². The highest BCUT2D eigenvalue weighted by atomic mass is 32.1. The molecule has 0 unspecified atom stereocenters.